The van der Waals surface area contributed by atoms with E-state index in [9.17, 15) is 9.59 Å². The maximum absolute atomic E-state index is 12.5. The molecule has 0 bridgehead atoms. The van der Waals surface area contributed by atoms with E-state index in [1.54, 1.807) is 16.7 Å². The fraction of sp³-hybridized carbons (Fsp3) is 0.304. The Balaban J connectivity index is 1.55. The highest BCUT2D eigenvalue weighted by molar-refractivity contribution is 7.99. The number of rotatable bonds is 8. The molecule has 0 aliphatic heterocycles. The van der Waals surface area contributed by atoms with E-state index in [2.05, 4.69) is 27.8 Å². The van der Waals surface area contributed by atoms with Gasteiger partial charge in [0, 0.05) is 18.3 Å². The molecule has 0 saturated heterocycles. The number of aromatic nitrogens is 3. The Morgan fingerprint density at radius 1 is 1.06 bits per heavy atom. The largest absolute Gasteiger partial charge is 0.342 e. The number of carbonyl (C=O) groups is 2. The summed E-state index contributed by atoms with van der Waals surface area (Å²) in [5, 5.41) is 14.8. The lowest BCUT2D eigenvalue weighted by Gasteiger charge is -2.13. The van der Waals surface area contributed by atoms with Crippen molar-refractivity contribution in [2.75, 3.05) is 11.1 Å². The van der Waals surface area contributed by atoms with Gasteiger partial charge in [0.15, 0.2) is 11.0 Å². The summed E-state index contributed by atoms with van der Waals surface area (Å²) in [5.74, 6) is 0.558. The lowest BCUT2D eigenvalue weighted by molar-refractivity contribution is -0.113. The van der Waals surface area contributed by atoms with Gasteiger partial charge in [-0.3, -0.25) is 9.59 Å². The Morgan fingerprint density at radius 3 is 2.39 bits per heavy atom. The highest BCUT2D eigenvalue weighted by Gasteiger charge is 2.19. The van der Waals surface area contributed by atoms with Crippen molar-refractivity contribution in [3.8, 4) is 0 Å². The summed E-state index contributed by atoms with van der Waals surface area (Å²) < 4.78 is 1.80. The van der Waals surface area contributed by atoms with Gasteiger partial charge in [-0.25, -0.2) is 0 Å². The number of nitrogens with one attached hydrogen (secondary N) is 2. The van der Waals surface area contributed by atoms with Gasteiger partial charge in [0.05, 0.1) is 11.8 Å². The summed E-state index contributed by atoms with van der Waals surface area (Å²) in [6.07, 6.45) is 0.961. The predicted octanol–water partition coefficient (Wildman–Crippen LogP) is 3.91. The molecule has 31 heavy (non-hydrogen) atoms. The smallest absolute Gasteiger partial charge is 0.251 e. The fourth-order valence-corrected chi connectivity index (χ4v) is 3.75. The van der Waals surface area contributed by atoms with E-state index in [-0.39, 0.29) is 23.6 Å². The van der Waals surface area contributed by atoms with Crippen LogP contribution in [-0.4, -0.2) is 32.3 Å². The van der Waals surface area contributed by atoms with Gasteiger partial charge in [0.25, 0.3) is 5.91 Å². The van der Waals surface area contributed by atoms with Crippen molar-refractivity contribution in [2.45, 2.75) is 38.4 Å². The average molecular weight is 438 g/mol. The number of thioether (sulfide) groups is 1. The molecule has 2 aromatic carbocycles. The first kappa shape index (κ1) is 22.6. The Bertz CT molecular complexity index is 1040. The molecule has 0 aliphatic carbocycles. The molecule has 0 saturated carbocycles. The van der Waals surface area contributed by atoms with E-state index in [1.807, 2.05) is 57.3 Å². The van der Waals surface area contributed by atoms with Crippen molar-refractivity contribution in [1.29, 1.82) is 0 Å². The molecule has 1 aromatic heterocycles. The van der Waals surface area contributed by atoms with Crippen LogP contribution >= 0.6 is 11.8 Å². The molecule has 7 nitrogen and oxygen atoms in total. The van der Waals surface area contributed by atoms with E-state index in [4.69, 9.17) is 0 Å². The molecule has 0 radical (unpaired) electrons. The number of anilines is 1. The quantitative estimate of drug-likeness (QED) is 0.522. The third kappa shape index (κ3) is 5.95. The van der Waals surface area contributed by atoms with E-state index in [1.165, 1.54) is 17.3 Å². The van der Waals surface area contributed by atoms with Gasteiger partial charge in [-0.15, -0.1) is 10.2 Å². The van der Waals surface area contributed by atoms with Crippen LogP contribution in [0.4, 0.5) is 5.69 Å². The number of hydrogen-bond donors (Lipinski definition) is 2. The minimum absolute atomic E-state index is 0.112. The molecule has 0 unspecified atom stereocenters. The lowest BCUT2D eigenvalue weighted by Crippen LogP contribution is -2.28. The van der Waals surface area contributed by atoms with Crippen molar-refractivity contribution >= 4 is 29.3 Å². The Kier molecular flexibility index (Phi) is 7.46. The molecular weight excluding hydrogens is 410 g/mol. The summed E-state index contributed by atoms with van der Waals surface area (Å²) in [6, 6.07) is 14.9. The molecule has 1 heterocycles. The molecule has 2 N–H and O–H groups in total. The summed E-state index contributed by atoms with van der Waals surface area (Å²) in [7, 11) is 1.83. The number of amides is 2. The Morgan fingerprint density at radius 2 is 1.74 bits per heavy atom. The molecule has 2 amide bonds. The number of nitrogens with zero attached hydrogens (tertiary/aromatic N) is 3. The normalized spacial score (nSPS) is 11.7. The zero-order valence-corrected chi connectivity index (χ0v) is 19.0. The van der Waals surface area contributed by atoms with Crippen molar-refractivity contribution in [2.24, 2.45) is 7.05 Å². The Labute approximate surface area is 186 Å². The lowest BCUT2D eigenvalue weighted by atomic mass is 10.1. The van der Waals surface area contributed by atoms with Gasteiger partial charge in [-0.2, -0.15) is 0 Å². The molecule has 3 aromatic rings. The molecule has 8 heteroatoms. The first-order valence-corrected chi connectivity index (χ1v) is 11.1. The van der Waals surface area contributed by atoms with E-state index in [0.717, 1.165) is 17.7 Å². The zero-order chi connectivity index (χ0) is 22.4. The van der Waals surface area contributed by atoms with E-state index < -0.39 is 0 Å². The monoisotopic (exact) mass is 437 g/mol. The molecule has 3 rings (SSSR count). The van der Waals surface area contributed by atoms with Crippen molar-refractivity contribution < 1.29 is 9.59 Å². The fourth-order valence-electron chi connectivity index (χ4n) is 3.03. The molecule has 1 atom stereocenters. The number of hydrogen-bond acceptors (Lipinski definition) is 5. The third-order valence-electron chi connectivity index (χ3n) is 4.90. The standard InChI is InChI=1S/C23H27N5O2S/c1-5-17-8-12-19(13-9-17)25-20(29)14-31-23-27-26-21(28(23)4)16(3)24-22(30)18-10-6-15(2)7-11-18/h6-13,16H,5,14H2,1-4H3,(H,24,30)(H,25,29)/t16-/m1/s1. The van der Waals surface area contributed by atoms with Gasteiger partial charge in [0.2, 0.25) is 5.91 Å². The van der Waals surface area contributed by atoms with Crippen LogP contribution in [0.5, 0.6) is 0 Å². The maximum Gasteiger partial charge on any atom is 0.251 e. The second-order valence-corrected chi connectivity index (χ2v) is 8.29. The number of aryl methyl sites for hydroxylation is 2. The highest BCUT2D eigenvalue weighted by Crippen LogP contribution is 2.20. The van der Waals surface area contributed by atoms with Crippen LogP contribution in [0.1, 0.15) is 47.2 Å². The van der Waals surface area contributed by atoms with Gasteiger partial charge >= 0.3 is 0 Å². The SMILES string of the molecule is CCc1ccc(NC(=O)CSc2nnc([C@@H](C)NC(=O)c3ccc(C)cc3)n2C)cc1. The molecule has 0 fully saturated rings. The molecule has 0 aliphatic rings. The van der Waals surface area contributed by atoms with Crippen LogP contribution < -0.4 is 10.6 Å². The van der Waals surface area contributed by atoms with Crippen LogP contribution in [0.3, 0.4) is 0 Å². The van der Waals surface area contributed by atoms with Crippen molar-refractivity contribution in [3.05, 3.63) is 71.0 Å². The summed E-state index contributed by atoms with van der Waals surface area (Å²) in [5.41, 5.74) is 3.69. The van der Waals surface area contributed by atoms with Gasteiger partial charge < -0.3 is 15.2 Å². The summed E-state index contributed by atoms with van der Waals surface area (Å²) in [4.78, 5) is 24.7. The van der Waals surface area contributed by atoms with Crippen LogP contribution in [0.25, 0.3) is 0 Å². The van der Waals surface area contributed by atoms with E-state index in [0.29, 0.717) is 16.5 Å². The first-order valence-electron chi connectivity index (χ1n) is 10.2. The highest BCUT2D eigenvalue weighted by atomic mass is 32.2. The van der Waals surface area contributed by atoms with Crippen molar-refractivity contribution in [1.82, 2.24) is 20.1 Å². The third-order valence-corrected chi connectivity index (χ3v) is 5.92. The maximum atomic E-state index is 12.5. The Hall–Kier alpha value is -3.13. The molecular formula is C23H27N5O2S. The minimum Gasteiger partial charge on any atom is -0.342 e. The van der Waals surface area contributed by atoms with Gasteiger partial charge in [0.1, 0.15) is 0 Å². The van der Waals surface area contributed by atoms with Crippen LogP contribution in [0.2, 0.25) is 0 Å². The van der Waals surface area contributed by atoms with Crippen LogP contribution in [0, 0.1) is 6.92 Å². The first-order chi connectivity index (χ1) is 14.9. The zero-order valence-electron chi connectivity index (χ0n) is 18.2. The summed E-state index contributed by atoms with van der Waals surface area (Å²) in [6.45, 7) is 5.93. The number of carbonyl (C=O) groups excluding carboxylic acids is 2. The summed E-state index contributed by atoms with van der Waals surface area (Å²) >= 11 is 1.30. The second-order valence-electron chi connectivity index (χ2n) is 7.35. The van der Waals surface area contributed by atoms with E-state index >= 15 is 0 Å². The van der Waals surface area contributed by atoms with Gasteiger partial charge in [-0.1, -0.05) is 48.5 Å². The van der Waals surface area contributed by atoms with Crippen LogP contribution in [-0.2, 0) is 18.3 Å². The average Bonchev–Trinajstić information content (AvgIpc) is 3.13. The van der Waals surface area contributed by atoms with Crippen molar-refractivity contribution in [3.63, 3.8) is 0 Å². The predicted molar refractivity (Wildman–Crippen MR) is 123 cm³/mol. The minimum atomic E-state index is -0.327. The number of benzene rings is 2. The molecule has 0 spiro atoms. The molecule has 162 valence electrons. The van der Waals surface area contributed by atoms with Gasteiger partial charge in [-0.05, 0) is 50.1 Å². The second kappa shape index (κ2) is 10.3. The topological polar surface area (TPSA) is 88.9 Å². The van der Waals surface area contributed by atoms with Crippen LogP contribution in [0.15, 0.2) is 53.7 Å².